The summed E-state index contributed by atoms with van der Waals surface area (Å²) in [5.74, 6) is -0.573. The topological polar surface area (TPSA) is 77.5 Å². The second-order valence-corrected chi connectivity index (χ2v) is 8.18. The van der Waals surface area contributed by atoms with Crippen LogP contribution in [-0.2, 0) is 24.1 Å². The normalized spacial score (nSPS) is 27.2. The molecule has 18 heavy (non-hydrogen) atoms. The molecule has 2 atom stereocenters. The average molecular weight is 290 g/mol. The van der Waals surface area contributed by atoms with Gasteiger partial charge < -0.3 is 0 Å². The molecule has 1 heterocycles. The minimum Gasteiger partial charge on any atom is -0.262 e. The third-order valence-electron chi connectivity index (χ3n) is 2.85. The summed E-state index contributed by atoms with van der Waals surface area (Å²) in [6.07, 6.45) is -0.791. The van der Waals surface area contributed by atoms with E-state index in [1.54, 1.807) is 25.1 Å². The molecular weight excluding hydrogens is 276 g/mol. The summed E-state index contributed by atoms with van der Waals surface area (Å²) in [5, 5.41) is 0. The predicted molar refractivity (Wildman–Crippen MR) is 66.3 cm³/mol. The van der Waals surface area contributed by atoms with Gasteiger partial charge in [-0.25, -0.2) is 8.42 Å². The van der Waals surface area contributed by atoms with Crippen molar-refractivity contribution >= 4 is 20.0 Å². The Bertz CT molecular complexity index is 619. The van der Waals surface area contributed by atoms with E-state index in [4.69, 9.17) is 4.18 Å². The lowest BCUT2D eigenvalue weighted by Crippen LogP contribution is -2.24. The van der Waals surface area contributed by atoms with Crippen molar-refractivity contribution in [3.05, 3.63) is 30.3 Å². The van der Waals surface area contributed by atoms with Gasteiger partial charge in [0.25, 0.3) is 10.1 Å². The highest BCUT2D eigenvalue weighted by Crippen LogP contribution is 2.25. The van der Waals surface area contributed by atoms with Gasteiger partial charge in [0.2, 0.25) is 0 Å². The summed E-state index contributed by atoms with van der Waals surface area (Å²) in [6.45, 7) is 1.68. The Morgan fingerprint density at radius 3 is 2.28 bits per heavy atom. The van der Waals surface area contributed by atoms with Crippen LogP contribution in [-0.4, -0.2) is 34.4 Å². The lowest BCUT2D eigenvalue weighted by atomic mass is 10.1. The van der Waals surface area contributed by atoms with E-state index in [1.807, 2.05) is 0 Å². The van der Waals surface area contributed by atoms with Crippen molar-refractivity contribution in [3.63, 3.8) is 0 Å². The van der Waals surface area contributed by atoms with Crippen molar-refractivity contribution in [3.8, 4) is 0 Å². The van der Waals surface area contributed by atoms with Crippen LogP contribution in [0.15, 0.2) is 35.2 Å². The van der Waals surface area contributed by atoms with E-state index in [0.717, 1.165) is 0 Å². The monoisotopic (exact) mass is 290 g/mol. The summed E-state index contributed by atoms with van der Waals surface area (Å²) >= 11 is 0. The van der Waals surface area contributed by atoms with Gasteiger partial charge >= 0.3 is 0 Å². The quantitative estimate of drug-likeness (QED) is 0.770. The minimum atomic E-state index is -3.89. The van der Waals surface area contributed by atoms with E-state index < -0.39 is 26.1 Å². The van der Waals surface area contributed by atoms with Gasteiger partial charge in [-0.2, -0.15) is 8.42 Å². The van der Waals surface area contributed by atoms with Gasteiger partial charge in [0.15, 0.2) is 9.84 Å². The fourth-order valence-electron chi connectivity index (χ4n) is 1.92. The zero-order chi connectivity index (χ0) is 13.4. The molecule has 1 aliphatic rings. The van der Waals surface area contributed by atoms with Gasteiger partial charge in [-0.3, -0.25) is 4.18 Å². The third kappa shape index (κ3) is 2.90. The molecule has 100 valence electrons. The Kier molecular flexibility index (Phi) is 3.48. The lowest BCUT2D eigenvalue weighted by Gasteiger charge is -2.14. The Hall–Kier alpha value is -0.920. The highest BCUT2D eigenvalue weighted by atomic mass is 32.2. The zero-order valence-electron chi connectivity index (χ0n) is 9.81. The molecule has 0 unspecified atom stereocenters. The van der Waals surface area contributed by atoms with Crippen LogP contribution < -0.4 is 0 Å². The van der Waals surface area contributed by atoms with E-state index in [1.165, 1.54) is 12.1 Å². The molecule has 0 spiro atoms. The zero-order valence-corrected chi connectivity index (χ0v) is 11.4. The molecule has 0 N–H and O–H groups in total. The number of benzene rings is 1. The maximum Gasteiger partial charge on any atom is 0.297 e. The molecular formula is C11H14O5S2. The van der Waals surface area contributed by atoms with E-state index >= 15 is 0 Å². The Balaban J connectivity index is 2.20. The van der Waals surface area contributed by atoms with Crippen LogP contribution >= 0.6 is 0 Å². The van der Waals surface area contributed by atoms with Gasteiger partial charge in [0.05, 0.1) is 22.5 Å². The molecule has 7 heteroatoms. The molecule has 1 aromatic rings. The van der Waals surface area contributed by atoms with Crippen molar-refractivity contribution in [1.82, 2.24) is 0 Å². The molecule has 2 rings (SSSR count). The Labute approximate surface area is 107 Å². The maximum absolute atomic E-state index is 11.9. The second-order valence-electron chi connectivity index (χ2n) is 4.46. The summed E-state index contributed by atoms with van der Waals surface area (Å²) in [5.41, 5.74) is 0. The first kappa shape index (κ1) is 13.5. The fraction of sp³-hybridized carbons (Fsp3) is 0.455. The summed E-state index contributed by atoms with van der Waals surface area (Å²) in [4.78, 5) is 0.0431. The summed E-state index contributed by atoms with van der Waals surface area (Å²) < 4.78 is 51.7. The van der Waals surface area contributed by atoms with Gasteiger partial charge in [0.1, 0.15) is 0 Å². The van der Waals surface area contributed by atoms with Crippen LogP contribution in [0.5, 0.6) is 0 Å². The van der Waals surface area contributed by atoms with Gasteiger partial charge in [0, 0.05) is 0 Å². The first-order valence-electron chi connectivity index (χ1n) is 5.49. The van der Waals surface area contributed by atoms with Crippen LogP contribution in [0.1, 0.15) is 6.92 Å². The van der Waals surface area contributed by atoms with E-state index in [-0.39, 0.29) is 22.3 Å². The molecule has 1 aromatic carbocycles. The molecule has 1 fully saturated rings. The number of rotatable bonds is 3. The van der Waals surface area contributed by atoms with Crippen LogP contribution in [0, 0.1) is 5.92 Å². The number of hydrogen-bond acceptors (Lipinski definition) is 5. The maximum atomic E-state index is 11.9. The fourth-order valence-corrected chi connectivity index (χ4v) is 5.24. The van der Waals surface area contributed by atoms with Crippen LogP contribution in [0.2, 0.25) is 0 Å². The standard InChI is InChI=1S/C11H14O5S2/c1-9-7-17(12,13)8-11(9)16-18(14,15)10-5-3-2-4-6-10/h2-6,9,11H,7-8H2,1H3/t9-,11-/m1/s1. The van der Waals surface area contributed by atoms with Crippen molar-refractivity contribution < 1.29 is 21.0 Å². The molecule has 0 aliphatic carbocycles. The molecule has 1 aliphatic heterocycles. The van der Waals surface area contributed by atoms with Crippen molar-refractivity contribution in [1.29, 1.82) is 0 Å². The van der Waals surface area contributed by atoms with Crippen molar-refractivity contribution in [2.45, 2.75) is 17.9 Å². The van der Waals surface area contributed by atoms with Crippen molar-refractivity contribution in [2.75, 3.05) is 11.5 Å². The van der Waals surface area contributed by atoms with E-state index in [2.05, 4.69) is 0 Å². The van der Waals surface area contributed by atoms with E-state index in [0.29, 0.717) is 0 Å². The van der Waals surface area contributed by atoms with Crippen LogP contribution in [0.25, 0.3) is 0 Å². The SMILES string of the molecule is C[C@@H]1CS(=O)(=O)C[C@H]1OS(=O)(=O)c1ccccc1. The largest absolute Gasteiger partial charge is 0.297 e. The molecule has 5 nitrogen and oxygen atoms in total. The van der Waals surface area contributed by atoms with Gasteiger partial charge in [-0.15, -0.1) is 0 Å². The summed E-state index contributed by atoms with van der Waals surface area (Å²) in [6, 6.07) is 7.71. The minimum absolute atomic E-state index is 0.0258. The first-order chi connectivity index (χ1) is 8.30. The Morgan fingerprint density at radius 2 is 1.78 bits per heavy atom. The lowest BCUT2D eigenvalue weighted by molar-refractivity contribution is 0.192. The highest BCUT2D eigenvalue weighted by molar-refractivity contribution is 7.91. The van der Waals surface area contributed by atoms with Gasteiger partial charge in [-0.05, 0) is 18.1 Å². The molecule has 0 aromatic heterocycles. The highest BCUT2D eigenvalue weighted by Gasteiger charge is 2.38. The van der Waals surface area contributed by atoms with Crippen LogP contribution in [0.4, 0.5) is 0 Å². The molecule has 0 bridgehead atoms. The predicted octanol–water partition coefficient (Wildman–Crippen LogP) is 0.825. The number of hydrogen-bond donors (Lipinski definition) is 0. The molecule has 0 radical (unpaired) electrons. The first-order valence-corrected chi connectivity index (χ1v) is 8.72. The number of sulfone groups is 1. The molecule has 1 saturated heterocycles. The van der Waals surface area contributed by atoms with Crippen molar-refractivity contribution in [2.24, 2.45) is 5.92 Å². The second kappa shape index (κ2) is 4.64. The van der Waals surface area contributed by atoms with Gasteiger partial charge in [-0.1, -0.05) is 25.1 Å². The Morgan fingerprint density at radius 1 is 1.17 bits per heavy atom. The average Bonchev–Trinajstić information content (AvgIpc) is 2.52. The van der Waals surface area contributed by atoms with Crippen LogP contribution in [0.3, 0.4) is 0 Å². The molecule has 0 saturated carbocycles. The van der Waals surface area contributed by atoms with E-state index in [9.17, 15) is 16.8 Å². The summed E-state index contributed by atoms with van der Waals surface area (Å²) in [7, 11) is -7.08. The smallest absolute Gasteiger partial charge is 0.262 e. The molecule has 0 amide bonds. The third-order valence-corrected chi connectivity index (χ3v) is 6.07.